The van der Waals surface area contributed by atoms with Crippen LogP contribution < -0.4 is 4.74 Å². The summed E-state index contributed by atoms with van der Waals surface area (Å²) in [7, 11) is 0. The van der Waals surface area contributed by atoms with E-state index in [1.807, 2.05) is 0 Å². The zero-order chi connectivity index (χ0) is 14.8. The number of ether oxygens (including phenoxy) is 2. The summed E-state index contributed by atoms with van der Waals surface area (Å²) in [5, 5.41) is 0. The van der Waals surface area contributed by atoms with E-state index in [-0.39, 0.29) is 31.0 Å². The number of ketones is 1. The molecular formula is C14H14F2O4. The van der Waals surface area contributed by atoms with Gasteiger partial charge in [0.15, 0.2) is 0 Å². The number of carbonyl (C=O) groups is 2. The summed E-state index contributed by atoms with van der Waals surface area (Å²) < 4.78 is 33.4. The van der Waals surface area contributed by atoms with Crippen LogP contribution in [0.3, 0.4) is 0 Å². The van der Waals surface area contributed by atoms with Gasteiger partial charge in [-0.05, 0) is 24.6 Å². The van der Waals surface area contributed by atoms with Crippen LogP contribution in [0.25, 0.3) is 0 Å². The minimum Gasteiger partial charge on any atom is -0.465 e. The number of hydrogen-bond donors (Lipinski definition) is 0. The number of carbonyl (C=O) groups excluding carboxylic acids is 2. The fourth-order valence-corrected chi connectivity index (χ4v) is 2.31. The van der Waals surface area contributed by atoms with Gasteiger partial charge >= 0.3 is 12.6 Å². The Hall–Kier alpha value is -1.98. The molecule has 1 fully saturated rings. The predicted molar refractivity (Wildman–Crippen MR) is 65.6 cm³/mol. The summed E-state index contributed by atoms with van der Waals surface area (Å²) in [5.74, 6) is -0.471. The van der Waals surface area contributed by atoms with E-state index in [4.69, 9.17) is 4.74 Å². The number of benzene rings is 1. The minimum absolute atomic E-state index is 0.00779. The first-order valence-corrected chi connectivity index (χ1v) is 6.22. The van der Waals surface area contributed by atoms with Crippen molar-refractivity contribution < 1.29 is 27.8 Å². The Kier molecular flexibility index (Phi) is 4.01. The smallest absolute Gasteiger partial charge is 0.387 e. The lowest BCUT2D eigenvalue weighted by Crippen LogP contribution is -2.49. The lowest BCUT2D eigenvalue weighted by atomic mass is 9.63. The van der Waals surface area contributed by atoms with E-state index in [2.05, 4.69) is 4.74 Å². The Labute approximate surface area is 114 Å². The van der Waals surface area contributed by atoms with Crippen LogP contribution in [0.15, 0.2) is 24.3 Å². The van der Waals surface area contributed by atoms with E-state index >= 15 is 0 Å². The Balaban J connectivity index is 2.22. The van der Waals surface area contributed by atoms with Crippen molar-refractivity contribution in [3.8, 4) is 5.75 Å². The highest BCUT2D eigenvalue weighted by Crippen LogP contribution is 2.42. The van der Waals surface area contributed by atoms with Crippen LogP contribution in [0, 0.1) is 0 Å². The maximum atomic E-state index is 12.1. The van der Waals surface area contributed by atoms with Crippen LogP contribution in [0.4, 0.5) is 8.78 Å². The summed E-state index contributed by atoms with van der Waals surface area (Å²) in [5.41, 5.74) is -0.395. The van der Waals surface area contributed by atoms with Gasteiger partial charge in [-0.15, -0.1) is 0 Å². The third-order valence-electron chi connectivity index (χ3n) is 3.30. The van der Waals surface area contributed by atoms with Crippen molar-refractivity contribution in [1.29, 1.82) is 0 Å². The number of halogens is 2. The van der Waals surface area contributed by atoms with Gasteiger partial charge < -0.3 is 9.47 Å². The van der Waals surface area contributed by atoms with E-state index in [0.717, 1.165) is 0 Å². The van der Waals surface area contributed by atoms with Crippen molar-refractivity contribution in [1.82, 2.24) is 0 Å². The molecule has 1 aliphatic carbocycles. The molecule has 0 bridgehead atoms. The van der Waals surface area contributed by atoms with E-state index < -0.39 is 18.0 Å². The molecule has 4 nitrogen and oxygen atoms in total. The summed E-state index contributed by atoms with van der Waals surface area (Å²) in [6, 6.07) is 5.73. The molecule has 0 spiro atoms. The zero-order valence-electron chi connectivity index (χ0n) is 10.9. The van der Waals surface area contributed by atoms with Crippen molar-refractivity contribution in [3.05, 3.63) is 29.8 Å². The molecule has 0 unspecified atom stereocenters. The van der Waals surface area contributed by atoms with Crippen molar-refractivity contribution in [2.24, 2.45) is 0 Å². The largest absolute Gasteiger partial charge is 0.465 e. The van der Waals surface area contributed by atoms with Gasteiger partial charge in [-0.25, -0.2) is 0 Å². The molecule has 6 heteroatoms. The molecule has 1 aromatic rings. The van der Waals surface area contributed by atoms with Gasteiger partial charge in [0.1, 0.15) is 16.9 Å². The van der Waals surface area contributed by atoms with Gasteiger partial charge in [0, 0.05) is 12.8 Å². The topological polar surface area (TPSA) is 52.6 Å². The second-order valence-corrected chi connectivity index (χ2v) is 4.60. The molecule has 0 aromatic heterocycles. The zero-order valence-corrected chi connectivity index (χ0v) is 10.9. The molecule has 2 rings (SSSR count). The summed E-state index contributed by atoms with van der Waals surface area (Å²) >= 11 is 0. The Morgan fingerprint density at radius 3 is 2.35 bits per heavy atom. The van der Waals surface area contributed by atoms with Gasteiger partial charge in [0.05, 0.1) is 6.61 Å². The SMILES string of the molecule is CCOC(=O)C1(c2ccc(OC(F)F)cc2)CC(=O)C1. The Bertz CT molecular complexity index is 502. The molecule has 0 saturated heterocycles. The number of esters is 1. The van der Waals surface area contributed by atoms with Crippen molar-refractivity contribution in [3.63, 3.8) is 0 Å². The first-order chi connectivity index (χ1) is 9.48. The predicted octanol–water partition coefficient (Wildman–Crippen LogP) is 2.45. The van der Waals surface area contributed by atoms with Gasteiger partial charge in [0.2, 0.25) is 0 Å². The molecule has 20 heavy (non-hydrogen) atoms. The van der Waals surface area contributed by atoms with Gasteiger partial charge in [-0.1, -0.05) is 12.1 Å². The molecule has 1 saturated carbocycles. The van der Waals surface area contributed by atoms with Crippen LogP contribution in [-0.4, -0.2) is 25.0 Å². The van der Waals surface area contributed by atoms with E-state index in [9.17, 15) is 18.4 Å². The van der Waals surface area contributed by atoms with E-state index in [0.29, 0.717) is 5.56 Å². The fraction of sp³-hybridized carbons (Fsp3) is 0.429. The quantitative estimate of drug-likeness (QED) is 0.779. The van der Waals surface area contributed by atoms with Crippen LogP contribution in [0.2, 0.25) is 0 Å². The highest BCUT2D eigenvalue weighted by Gasteiger charge is 2.52. The van der Waals surface area contributed by atoms with Crippen LogP contribution in [-0.2, 0) is 19.7 Å². The highest BCUT2D eigenvalue weighted by atomic mass is 19.3. The van der Waals surface area contributed by atoms with E-state index in [1.54, 1.807) is 6.92 Å². The fourth-order valence-electron chi connectivity index (χ4n) is 2.31. The van der Waals surface area contributed by atoms with Crippen molar-refractivity contribution in [2.75, 3.05) is 6.61 Å². The summed E-state index contributed by atoms with van der Waals surface area (Å²) in [6.07, 6.45) is 0.168. The van der Waals surface area contributed by atoms with Crippen molar-refractivity contribution >= 4 is 11.8 Å². The molecule has 0 amide bonds. The van der Waals surface area contributed by atoms with Crippen LogP contribution in [0.5, 0.6) is 5.75 Å². The average Bonchev–Trinajstić information content (AvgIpc) is 2.35. The summed E-state index contributed by atoms with van der Waals surface area (Å²) in [6.45, 7) is -0.988. The lowest BCUT2D eigenvalue weighted by Gasteiger charge is -2.38. The maximum Gasteiger partial charge on any atom is 0.387 e. The van der Waals surface area contributed by atoms with Crippen LogP contribution >= 0.6 is 0 Å². The Morgan fingerprint density at radius 1 is 1.30 bits per heavy atom. The van der Waals surface area contributed by atoms with Crippen molar-refractivity contribution in [2.45, 2.75) is 31.8 Å². The molecular weight excluding hydrogens is 270 g/mol. The summed E-state index contributed by atoms with van der Waals surface area (Å²) in [4.78, 5) is 23.3. The Morgan fingerprint density at radius 2 is 1.90 bits per heavy atom. The normalized spacial score (nSPS) is 16.7. The van der Waals surface area contributed by atoms with Gasteiger partial charge in [-0.3, -0.25) is 9.59 Å². The number of alkyl halides is 2. The van der Waals surface area contributed by atoms with Gasteiger partial charge in [0.25, 0.3) is 0 Å². The molecule has 1 aliphatic rings. The monoisotopic (exact) mass is 284 g/mol. The molecule has 0 N–H and O–H groups in total. The molecule has 0 atom stereocenters. The second kappa shape index (κ2) is 5.56. The third kappa shape index (κ3) is 2.64. The first-order valence-electron chi connectivity index (χ1n) is 6.22. The standard InChI is InChI=1S/C14H14F2O4/c1-2-19-12(18)14(7-10(17)8-14)9-3-5-11(6-4-9)20-13(15)16/h3-6,13H,2,7-8H2,1H3. The maximum absolute atomic E-state index is 12.1. The van der Waals surface area contributed by atoms with Gasteiger partial charge in [-0.2, -0.15) is 8.78 Å². The number of rotatable bonds is 5. The number of Topliss-reactive ketones (excluding diaryl/α,β-unsaturated/α-hetero) is 1. The molecule has 0 heterocycles. The average molecular weight is 284 g/mol. The van der Waals surface area contributed by atoms with Crippen LogP contribution in [0.1, 0.15) is 25.3 Å². The second-order valence-electron chi connectivity index (χ2n) is 4.60. The van der Waals surface area contributed by atoms with E-state index in [1.165, 1.54) is 24.3 Å². The first kappa shape index (κ1) is 14.4. The highest BCUT2D eigenvalue weighted by molar-refractivity contribution is 6.02. The molecule has 108 valence electrons. The third-order valence-corrected chi connectivity index (χ3v) is 3.30. The minimum atomic E-state index is -2.90. The lowest BCUT2D eigenvalue weighted by molar-refractivity contribution is -0.158. The molecule has 0 radical (unpaired) electrons. The molecule has 1 aromatic carbocycles. The molecule has 0 aliphatic heterocycles. The number of hydrogen-bond acceptors (Lipinski definition) is 4.